The van der Waals surface area contributed by atoms with Crippen LogP contribution in [0.25, 0.3) is 0 Å². The van der Waals surface area contributed by atoms with Gasteiger partial charge in [0.15, 0.2) is 0 Å². The molecule has 1 N–H and O–H groups in total. The van der Waals surface area contributed by atoms with E-state index < -0.39 is 0 Å². The Kier molecular flexibility index (Phi) is 8.05. The molecule has 1 amide bonds. The minimum atomic E-state index is -0.000441. The van der Waals surface area contributed by atoms with E-state index in [0.717, 1.165) is 30.8 Å². The highest BCUT2D eigenvalue weighted by molar-refractivity contribution is 6.30. The lowest BCUT2D eigenvalue weighted by Gasteiger charge is -2.37. The SMILES string of the molecule is CC(c1ccc(Cl)cc1)N(C)C(=O)CN1CCNCC1c1cccnc1.Cl. The van der Waals surface area contributed by atoms with Gasteiger partial charge in [-0.15, -0.1) is 12.4 Å². The van der Waals surface area contributed by atoms with Crippen LogP contribution in [0.5, 0.6) is 0 Å². The number of hydrogen-bond acceptors (Lipinski definition) is 4. The normalized spacial score (nSPS) is 18.4. The van der Waals surface area contributed by atoms with Crippen molar-refractivity contribution in [2.24, 2.45) is 0 Å². The molecule has 1 aromatic heterocycles. The number of benzene rings is 1. The summed E-state index contributed by atoms with van der Waals surface area (Å²) in [5, 5.41) is 4.12. The van der Waals surface area contributed by atoms with E-state index in [9.17, 15) is 4.79 Å². The molecular weight excluding hydrogens is 383 g/mol. The molecule has 0 spiro atoms. The van der Waals surface area contributed by atoms with Gasteiger partial charge in [-0.25, -0.2) is 0 Å². The van der Waals surface area contributed by atoms with Crippen LogP contribution in [-0.2, 0) is 4.79 Å². The second kappa shape index (κ2) is 10.0. The summed E-state index contributed by atoms with van der Waals surface area (Å²) in [7, 11) is 1.86. The van der Waals surface area contributed by atoms with Crippen molar-refractivity contribution in [1.29, 1.82) is 0 Å². The quantitative estimate of drug-likeness (QED) is 0.823. The van der Waals surface area contributed by atoms with Gasteiger partial charge in [0.1, 0.15) is 0 Å². The lowest BCUT2D eigenvalue weighted by Crippen LogP contribution is -2.50. The number of piperazine rings is 1. The van der Waals surface area contributed by atoms with Crippen LogP contribution in [0.1, 0.15) is 30.1 Å². The van der Waals surface area contributed by atoms with Crippen LogP contribution in [-0.4, -0.2) is 53.9 Å². The first-order valence-electron chi connectivity index (χ1n) is 8.92. The van der Waals surface area contributed by atoms with Crippen molar-refractivity contribution in [2.75, 3.05) is 33.2 Å². The molecule has 2 unspecified atom stereocenters. The Balaban J connectivity index is 0.00000261. The Morgan fingerprint density at radius 2 is 2.11 bits per heavy atom. The van der Waals surface area contributed by atoms with E-state index in [2.05, 4.69) is 21.3 Å². The highest BCUT2D eigenvalue weighted by Crippen LogP contribution is 2.24. The van der Waals surface area contributed by atoms with Crippen LogP contribution in [0.3, 0.4) is 0 Å². The first kappa shape index (κ1) is 21.6. The molecule has 2 atom stereocenters. The summed E-state index contributed by atoms with van der Waals surface area (Å²) in [6, 6.07) is 11.8. The van der Waals surface area contributed by atoms with E-state index in [0.29, 0.717) is 11.6 Å². The van der Waals surface area contributed by atoms with Crippen molar-refractivity contribution < 1.29 is 4.79 Å². The fourth-order valence-electron chi connectivity index (χ4n) is 3.30. The van der Waals surface area contributed by atoms with Crippen molar-refractivity contribution in [2.45, 2.75) is 19.0 Å². The number of nitrogens with one attached hydrogen (secondary N) is 1. The predicted molar refractivity (Wildman–Crippen MR) is 111 cm³/mol. The van der Waals surface area contributed by atoms with Crippen LogP contribution >= 0.6 is 24.0 Å². The maximum absolute atomic E-state index is 12.9. The Bertz CT molecular complexity index is 727. The van der Waals surface area contributed by atoms with E-state index in [1.807, 2.05) is 55.4 Å². The molecule has 1 aromatic carbocycles. The van der Waals surface area contributed by atoms with Gasteiger partial charge in [0.05, 0.1) is 12.6 Å². The Hall–Kier alpha value is -1.66. The number of pyridine rings is 1. The number of likely N-dealkylation sites (N-methyl/N-ethyl adjacent to an activating group) is 1. The predicted octanol–water partition coefficient (Wildman–Crippen LogP) is 3.32. The smallest absolute Gasteiger partial charge is 0.237 e. The molecular formula is C20H26Cl2N4O. The zero-order valence-corrected chi connectivity index (χ0v) is 17.2. The summed E-state index contributed by atoms with van der Waals surface area (Å²) in [6.07, 6.45) is 3.66. The molecule has 2 heterocycles. The average molecular weight is 409 g/mol. The number of carbonyl (C=O) groups is 1. The van der Waals surface area contributed by atoms with Crippen molar-refractivity contribution >= 4 is 29.9 Å². The molecule has 27 heavy (non-hydrogen) atoms. The topological polar surface area (TPSA) is 48.5 Å². The summed E-state index contributed by atoms with van der Waals surface area (Å²) in [5.41, 5.74) is 2.22. The molecule has 1 saturated heterocycles. The van der Waals surface area contributed by atoms with Crippen LogP contribution in [0, 0.1) is 0 Å². The second-order valence-corrected chi connectivity index (χ2v) is 7.15. The highest BCUT2D eigenvalue weighted by atomic mass is 35.5. The van der Waals surface area contributed by atoms with E-state index in [1.54, 1.807) is 6.20 Å². The Morgan fingerprint density at radius 1 is 1.37 bits per heavy atom. The fourth-order valence-corrected chi connectivity index (χ4v) is 3.43. The molecule has 146 valence electrons. The van der Waals surface area contributed by atoms with Gasteiger partial charge in [-0.2, -0.15) is 0 Å². The standard InChI is InChI=1S/C20H25ClN4O.ClH/c1-15(16-5-7-18(21)8-6-16)24(2)20(26)14-25-11-10-23-13-19(25)17-4-3-9-22-12-17;/h3-9,12,15,19,23H,10-11,13-14H2,1-2H3;1H. The lowest BCUT2D eigenvalue weighted by atomic mass is 10.0. The van der Waals surface area contributed by atoms with Crippen molar-refractivity contribution in [3.05, 3.63) is 64.9 Å². The number of carbonyl (C=O) groups excluding carboxylic acids is 1. The number of amides is 1. The molecule has 2 aromatic rings. The highest BCUT2D eigenvalue weighted by Gasteiger charge is 2.27. The molecule has 1 aliphatic rings. The molecule has 0 saturated carbocycles. The van der Waals surface area contributed by atoms with Gasteiger partial charge in [-0.05, 0) is 36.2 Å². The fraction of sp³-hybridized carbons (Fsp3) is 0.400. The summed E-state index contributed by atoms with van der Waals surface area (Å²) >= 11 is 5.96. The van der Waals surface area contributed by atoms with E-state index in [4.69, 9.17) is 11.6 Å². The first-order valence-corrected chi connectivity index (χ1v) is 9.30. The van der Waals surface area contributed by atoms with E-state index >= 15 is 0 Å². The molecule has 1 aliphatic heterocycles. The minimum Gasteiger partial charge on any atom is -0.338 e. The van der Waals surface area contributed by atoms with Crippen molar-refractivity contribution in [1.82, 2.24) is 20.1 Å². The summed E-state index contributed by atoms with van der Waals surface area (Å²) in [5.74, 6) is 0.114. The van der Waals surface area contributed by atoms with Crippen LogP contribution in [0.2, 0.25) is 5.02 Å². The molecule has 5 nitrogen and oxygen atoms in total. The molecule has 0 radical (unpaired) electrons. The summed E-state index contributed by atoms with van der Waals surface area (Å²) < 4.78 is 0. The van der Waals surface area contributed by atoms with E-state index in [1.165, 1.54) is 0 Å². The first-order chi connectivity index (χ1) is 12.6. The number of halogens is 2. The number of rotatable bonds is 5. The van der Waals surface area contributed by atoms with Gasteiger partial charge in [0.25, 0.3) is 0 Å². The van der Waals surface area contributed by atoms with Gasteiger partial charge < -0.3 is 10.2 Å². The second-order valence-electron chi connectivity index (χ2n) is 6.71. The van der Waals surface area contributed by atoms with E-state index in [-0.39, 0.29) is 30.4 Å². The number of aromatic nitrogens is 1. The maximum Gasteiger partial charge on any atom is 0.237 e. The number of hydrogen-bond donors (Lipinski definition) is 1. The summed E-state index contributed by atoms with van der Waals surface area (Å²) in [6.45, 7) is 5.00. The van der Waals surface area contributed by atoms with Gasteiger partial charge in [0.2, 0.25) is 5.91 Å². The van der Waals surface area contributed by atoms with Gasteiger partial charge >= 0.3 is 0 Å². The third-order valence-corrected chi connectivity index (χ3v) is 5.34. The van der Waals surface area contributed by atoms with Gasteiger partial charge in [0, 0.05) is 50.1 Å². The molecule has 0 bridgehead atoms. The zero-order valence-electron chi connectivity index (χ0n) is 15.6. The largest absolute Gasteiger partial charge is 0.338 e. The minimum absolute atomic E-state index is 0. The molecule has 7 heteroatoms. The van der Waals surface area contributed by atoms with Gasteiger partial charge in [-0.1, -0.05) is 29.8 Å². The monoisotopic (exact) mass is 408 g/mol. The van der Waals surface area contributed by atoms with Crippen molar-refractivity contribution in [3.8, 4) is 0 Å². The summed E-state index contributed by atoms with van der Waals surface area (Å²) in [4.78, 5) is 21.2. The Morgan fingerprint density at radius 3 is 2.78 bits per heavy atom. The third kappa shape index (κ3) is 5.42. The Labute approximate surface area is 172 Å². The molecule has 0 aliphatic carbocycles. The van der Waals surface area contributed by atoms with Crippen LogP contribution in [0.4, 0.5) is 0 Å². The number of nitrogens with zero attached hydrogens (tertiary/aromatic N) is 3. The average Bonchev–Trinajstić information content (AvgIpc) is 2.68. The van der Waals surface area contributed by atoms with Crippen LogP contribution < -0.4 is 5.32 Å². The van der Waals surface area contributed by atoms with Crippen LogP contribution in [0.15, 0.2) is 48.8 Å². The maximum atomic E-state index is 12.9. The lowest BCUT2D eigenvalue weighted by molar-refractivity contribution is -0.133. The third-order valence-electron chi connectivity index (χ3n) is 5.09. The molecule has 3 rings (SSSR count). The van der Waals surface area contributed by atoms with Crippen molar-refractivity contribution in [3.63, 3.8) is 0 Å². The van der Waals surface area contributed by atoms with Gasteiger partial charge in [-0.3, -0.25) is 14.7 Å². The molecule has 1 fully saturated rings. The zero-order chi connectivity index (χ0) is 18.5.